The minimum atomic E-state index is -0.944. The molecule has 0 aromatic heterocycles. The van der Waals surface area contributed by atoms with Crippen LogP contribution in [-0.4, -0.2) is 29.7 Å². The number of hydrogen-bond donors (Lipinski definition) is 1. The Morgan fingerprint density at radius 3 is 2.50 bits per heavy atom. The van der Waals surface area contributed by atoms with Gasteiger partial charge >= 0.3 is 0 Å². The first-order chi connectivity index (χ1) is 8.52. The zero-order chi connectivity index (χ0) is 13.3. The molecule has 1 aromatic rings. The van der Waals surface area contributed by atoms with Crippen LogP contribution in [0.5, 0.6) is 0 Å². The molecule has 0 radical (unpaired) electrons. The predicted molar refractivity (Wildman–Crippen MR) is 60.4 cm³/mol. The molecule has 1 unspecified atom stereocenters. The van der Waals surface area contributed by atoms with E-state index in [9.17, 15) is 18.9 Å². The third-order valence-corrected chi connectivity index (χ3v) is 3.07. The van der Waals surface area contributed by atoms with Crippen LogP contribution in [0.4, 0.5) is 20.2 Å². The molecule has 5 nitrogen and oxygen atoms in total. The van der Waals surface area contributed by atoms with Crippen molar-refractivity contribution in [2.24, 2.45) is 5.92 Å². The highest BCUT2D eigenvalue weighted by molar-refractivity contribution is 5.54. The van der Waals surface area contributed by atoms with Gasteiger partial charge in [0.25, 0.3) is 5.69 Å². The number of nitrogens with zero attached hydrogens (tertiary/aromatic N) is 2. The highest BCUT2D eigenvalue weighted by atomic mass is 19.1. The fourth-order valence-electron chi connectivity index (χ4n) is 2.14. The van der Waals surface area contributed by atoms with E-state index in [1.165, 1.54) is 4.90 Å². The van der Waals surface area contributed by atoms with Crippen LogP contribution >= 0.6 is 0 Å². The van der Waals surface area contributed by atoms with Crippen molar-refractivity contribution in [3.8, 4) is 0 Å². The van der Waals surface area contributed by atoms with Crippen LogP contribution < -0.4 is 4.90 Å². The number of anilines is 1. The Morgan fingerprint density at radius 1 is 1.44 bits per heavy atom. The van der Waals surface area contributed by atoms with Gasteiger partial charge in [-0.05, 0) is 6.42 Å². The fourth-order valence-corrected chi connectivity index (χ4v) is 2.14. The standard InChI is InChI=1S/C11H12F2N2O3/c12-9-3-8(15(17)18)4-10(13)11(9)14-2-1-7(5-14)6-16/h3-4,7,16H,1-2,5-6H2. The van der Waals surface area contributed by atoms with Gasteiger partial charge in [-0.3, -0.25) is 10.1 Å². The second-order valence-electron chi connectivity index (χ2n) is 4.30. The van der Waals surface area contributed by atoms with Crippen molar-refractivity contribution in [3.05, 3.63) is 33.9 Å². The number of benzene rings is 1. The minimum Gasteiger partial charge on any atom is -0.396 e. The molecule has 1 fully saturated rings. The molecule has 0 saturated carbocycles. The summed E-state index contributed by atoms with van der Waals surface area (Å²) in [6.07, 6.45) is 0.645. The van der Waals surface area contributed by atoms with Gasteiger partial charge in [0, 0.05) is 25.6 Å². The van der Waals surface area contributed by atoms with Crippen molar-refractivity contribution < 1.29 is 18.8 Å². The molecule has 1 heterocycles. The first-order valence-electron chi connectivity index (χ1n) is 5.52. The maximum atomic E-state index is 13.7. The van der Waals surface area contributed by atoms with Gasteiger partial charge in [0.05, 0.1) is 17.1 Å². The maximum absolute atomic E-state index is 13.7. The van der Waals surface area contributed by atoms with E-state index in [1.54, 1.807) is 0 Å². The predicted octanol–water partition coefficient (Wildman–Crippen LogP) is 1.69. The molecule has 1 aliphatic rings. The Kier molecular flexibility index (Phi) is 3.42. The fraction of sp³-hybridized carbons (Fsp3) is 0.455. The summed E-state index contributed by atoms with van der Waals surface area (Å²) in [5, 5.41) is 19.4. The van der Waals surface area contributed by atoms with Crippen molar-refractivity contribution in [1.29, 1.82) is 0 Å². The lowest BCUT2D eigenvalue weighted by molar-refractivity contribution is -0.385. The van der Waals surface area contributed by atoms with E-state index >= 15 is 0 Å². The van der Waals surface area contributed by atoms with Gasteiger partial charge in [-0.2, -0.15) is 0 Å². The average Bonchev–Trinajstić information content (AvgIpc) is 2.76. The summed E-state index contributed by atoms with van der Waals surface area (Å²) in [6, 6.07) is 1.43. The molecule has 1 saturated heterocycles. The van der Waals surface area contributed by atoms with Gasteiger partial charge in [-0.25, -0.2) is 8.78 Å². The summed E-state index contributed by atoms with van der Waals surface area (Å²) in [7, 11) is 0. The Morgan fingerprint density at radius 2 is 2.06 bits per heavy atom. The number of nitro benzene ring substituents is 1. The number of halogens is 2. The minimum absolute atomic E-state index is 0.0148. The highest BCUT2D eigenvalue weighted by Gasteiger charge is 2.28. The average molecular weight is 258 g/mol. The zero-order valence-electron chi connectivity index (χ0n) is 9.47. The van der Waals surface area contributed by atoms with Crippen molar-refractivity contribution in [1.82, 2.24) is 0 Å². The molecule has 0 aliphatic carbocycles. The molecule has 1 aliphatic heterocycles. The van der Waals surface area contributed by atoms with Gasteiger partial charge in [0.1, 0.15) is 5.69 Å². The van der Waals surface area contributed by atoms with E-state index < -0.39 is 22.2 Å². The summed E-state index contributed by atoms with van der Waals surface area (Å²) in [6.45, 7) is 0.742. The third-order valence-electron chi connectivity index (χ3n) is 3.07. The Hall–Kier alpha value is -1.76. The SMILES string of the molecule is O=[N+]([O-])c1cc(F)c(N2CCC(CO)C2)c(F)c1. The van der Waals surface area contributed by atoms with E-state index in [2.05, 4.69) is 0 Å². The second-order valence-corrected chi connectivity index (χ2v) is 4.30. The molecule has 1 N–H and O–H groups in total. The summed E-state index contributed by atoms with van der Waals surface area (Å²) >= 11 is 0. The van der Waals surface area contributed by atoms with E-state index in [0.29, 0.717) is 31.6 Å². The largest absolute Gasteiger partial charge is 0.396 e. The normalized spacial score (nSPS) is 19.3. The zero-order valence-corrected chi connectivity index (χ0v) is 9.47. The molecule has 18 heavy (non-hydrogen) atoms. The Balaban J connectivity index is 2.32. The van der Waals surface area contributed by atoms with Crippen molar-refractivity contribution in [2.45, 2.75) is 6.42 Å². The summed E-state index contributed by atoms with van der Waals surface area (Å²) in [5.74, 6) is -1.90. The van der Waals surface area contributed by atoms with Gasteiger partial charge < -0.3 is 10.0 Å². The molecule has 1 aromatic carbocycles. The molecule has 1 atom stereocenters. The lowest BCUT2D eigenvalue weighted by atomic mass is 10.1. The van der Waals surface area contributed by atoms with Gasteiger partial charge in [0.2, 0.25) is 0 Å². The van der Waals surface area contributed by atoms with E-state index in [1.807, 2.05) is 0 Å². The third kappa shape index (κ3) is 2.26. The monoisotopic (exact) mass is 258 g/mol. The number of aliphatic hydroxyl groups excluding tert-OH is 1. The molecular formula is C11H12F2N2O3. The second kappa shape index (κ2) is 4.85. The first-order valence-corrected chi connectivity index (χ1v) is 5.52. The van der Waals surface area contributed by atoms with Gasteiger partial charge in [-0.15, -0.1) is 0 Å². The lowest BCUT2D eigenvalue weighted by Crippen LogP contribution is -2.23. The van der Waals surface area contributed by atoms with E-state index in [4.69, 9.17) is 5.11 Å². The van der Waals surface area contributed by atoms with Crippen LogP contribution in [-0.2, 0) is 0 Å². The van der Waals surface area contributed by atoms with Crippen molar-refractivity contribution in [2.75, 3.05) is 24.6 Å². The summed E-state index contributed by atoms with van der Waals surface area (Å²) in [5.41, 5.74) is -0.858. The number of hydrogen-bond acceptors (Lipinski definition) is 4. The number of nitro groups is 1. The Labute approximate surface area is 102 Å². The van der Waals surface area contributed by atoms with Crippen LogP contribution in [0, 0.1) is 27.7 Å². The van der Waals surface area contributed by atoms with Crippen LogP contribution in [0.2, 0.25) is 0 Å². The number of aliphatic hydroxyl groups is 1. The summed E-state index contributed by atoms with van der Waals surface area (Å²) < 4.78 is 27.4. The molecule has 2 rings (SSSR count). The maximum Gasteiger partial charge on any atom is 0.275 e. The van der Waals surface area contributed by atoms with Gasteiger partial charge in [0.15, 0.2) is 11.6 Å². The number of non-ortho nitro benzene ring substituents is 1. The smallest absolute Gasteiger partial charge is 0.275 e. The molecule has 0 bridgehead atoms. The van der Waals surface area contributed by atoms with Crippen molar-refractivity contribution in [3.63, 3.8) is 0 Å². The van der Waals surface area contributed by atoms with E-state index in [0.717, 1.165) is 0 Å². The molecule has 0 spiro atoms. The summed E-state index contributed by atoms with van der Waals surface area (Å²) in [4.78, 5) is 11.1. The van der Waals surface area contributed by atoms with Crippen LogP contribution in [0.1, 0.15) is 6.42 Å². The highest BCUT2D eigenvalue weighted by Crippen LogP contribution is 2.31. The molecular weight excluding hydrogens is 246 g/mol. The van der Waals surface area contributed by atoms with Crippen LogP contribution in [0.25, 0.3) is 0 Å². The Bertz CT molecular complexity index is 458. The first kappa shape index (κ1) is 12.7. The number of rotatable bonds is 3. The molecule has 0 amide bonds. The van der Waals surface area contributed by atoms with E-state index in [-0.39, 0.29) is 18.2 Å². The molecule has 98 valence electrons. The quantitative estimate of drug-likeness (QED) is 0.661. The topological polar surface area (TPSA) is 66.6 Å². The lowest BCUT2D eigenvalue weighted by Gasteiger charge is -2.19. The van der Waals surface area contributed by atoms with Crippen molar-refractivity contribution >= 4 is 11.4 Å². The van der Waals surface area contributed by atoms with Crippen LogP contribution in [0.15, 0.2) is 12.1 Å². The van der Waals surface area contributed by atoms with Crippen LogP contribution in [0.3, 0.4) is 0 Å². The van der Waals surface area contributed by atoms with Gasteiger partial charge in [-0.1, -0.05) is 0 Å². The molecule has 7 heteroatoms.